The van der Waals surface area contributed by atoms with Crippen LogP contribution >= 0.6 is 0 Å². The largest absolute Gasteiger partial charge is 0.480 e. The van der Waals surface area contributed by atoms with E-state index in [9.17, 15) is 14.4 Å². The number of carbonyl (C=O) groups is 3. The van der Waals surface area contributed by atoms with E-state index in [4.69, 9.17) is 33.1 Å². The number of carbonyl (C=O) groups excluding carboxylic acids is 1. The third-order valence-corrected chi connectivity index (χ3v) is 2.38. The van der Waals surface area contributed by atoms with Gasteiger partial charge in [0.2, 0.25) is 0 Å². The molecule has 0 radical (unpaired) electrons. The lowest BCUT2D eigenvalue weighted by Crippen LogP contribution is -2.39. The standard InChI is InChI=1S/C9H19N3O4.C3H7NO2/c10-4-2-1-3-6(11)9(15)16-5-7(12)8(13)14;1-2(4)3(5)6/h6-7H,1-5,10-12H2,(H,13,14);2H,4H2,1H3,(H,5,6)/t6-,7-;2-/m00/s1. The van der Waals surface area contributed by atoms with E-state index in [0.29, 0.717) is 13.0 Å². The molecule has 0 heterocycles. The Balaban J connectivity index is 0. The minimum atomic E-state index is -1.22. The highest BCUT2D eigenvalue weighted by Gasteiger charge is 2.18. The zero-order valence-electron chi connectivity index (χ0n) is 12.6. The van der Waals surface area contributed by atoms with E-state index in [2.05, 4.69) is 4.74 Å². The number of carboxylic acids is 2. The maximum absolute atomic E-state index is 11.2. The third-order valence-electron chi connectivity index (χ3n) is 2.38. The number of carboxylic acid groups (broad SMARTS) is 2. The van der Waals surface area contributed by atoms with Gasteiger partial charge in [-0.05, 0) is 26.3 Å². The van der Waals surface area contributed by atoms with Crippen LogP contribution in [0.25, 0.3) is 0 Å². The van der Waals surface area contributed by atoms with Crippen molar-refractivity contribution in [2.45, 2.75) is 44.3 Å². The van der Waals surface area contributed by atoms with E-state index in [-0.39, 0.29) is 6.61 Å². The molecule has 0 aliphatic carbocycles. The summed E-state index contributed by atoms with van der Waals surface area (Å²) >= 11 is 0. The summed E-state index contributed by atoms with van der Waals surface area (Å²) < 4.78 is 4.66. The third kappa shape index (κ3) is 13.2. The fourth-order valence-corrected chi connectivity index (χ4v) is 0.977. The monoisotopic (exact) mass is 322 g/mol. The van der Waals surface area contributed by atoms with Gasteiger partial charge in [-0.3, -0.25) is 14.4 Å². The molecule has 0 fully saturated rings. The highest BCUT2D eigenvalue weighted by atomic mass is 16.5. The fourth-order valence-electron chi connectivity index (χ4n) is 0.977. The van der Waals surface area contributed by atoms with Crippen molar-refractivity contribution in [1.29, 1.82) is 0 Å². The molecule has 0 spiro atoms. The highest BCUT2D eigenvalue weighted by molar-refractivity contribution is 5.77. The van der Waals surface area contributed by atoms with Gasteiger partial charge in [0.05, 0.1) is 0 Å². The van der Waals surface area contributed by atoms with Gasteiger partial charge in [0.15, 0.2) is 0 Å². The second-order valence-electron chi connectivity index (χ2n) is 4.59. The quantitative estimate of drug-likeness (QED) is 0.200. The van der Waals surface area contributed by atoms with Gasteiger partial charge in [0, 0.05) is 0 Å². The van der Waals surface area contributed by atoms with Gasteiger partial charge in [0.1, 0.15) is 24.7 Å². The summed E-state index contributed by atoms with van der Waals surface area (Å²) in [5.41, 5.74) is 20.8. The van der Waals surface area contributed by atoms with E-state index < -0.39 is 36.0 Å². The maximum atomic E-state index is 11.2. The van der Waals surface area contributed by atoms with Gasteiger partial charge in [0.25, 0.3) is 0 Å². The highest BCUT2D eigenvalue weighted by Crippen LogP contribution is 2.00. The zero-order chi connectivity index (χ0) is 17.7. The average molecular weight is 322 g/mol. The SMILES string of the molecule is C[C@H](N)C(=O)O.NCCCC[C@H](N)C(=O)OC[C@H](N)C(=O)O. The van der Waals surface area contributed by atoms with Gasteiger partial charge in [-0.1, -0.05) is 6.42 Å². The molecule has 0 rings (SSSR count). The van der Waals surface area contributed by atoms with Crippen molar-refractivity contribution >= 4 is 17.9 Å². The van der Waals surface area contributed by atoms with Crippen LogP contribution in [0.15, 0.2) is 0 Å². The normalized spacial score (nSPS) is 14.0. The van der Waals surface area contributed by atoms with Crippen molar-refractivity contribution in [3.63, 3.8) is 0 Å². The van der Waals surface area contributed by atoms with E-state index in [1.165, 1.54) is 6.92 Å². The number of hydrogen-bond donors (Lipinski definition) is 6. The van der Waals surface area contributed by atoms with Crippen molar-refractivity contribution < 1.29 is 29.3 Å². The molecule has 0 aromatic rings. The Morgan fingerprint density at radius 3 is 1.86 bits per heavy atom. The smallest absolute Gasteiger partial charge is 0.324 e. The summed E-state index contributed by atoms with van der Waals surface area (Å²) in [6.07, 6.45) is 1.99. The van der Waals surface area contributed by atoms with Crippen LogP contribution in [0.4, 0.5) is 0 Å². The molecule has 10 N–H and O–H groups in total. The lowest BCUT2D eigenvalue weighted by Gasteiger charge is -2.12. The number of esters is 1. The Morgan fingerprint density at radius 1 is 1.00 bits per heavy atom. The summed E-state index contributed by atoms with van der Waals surface area (Å²) in [5.74, 6) is -2.81. The summed E-state index contributed by atoms with van der Waals surface area (Å²) in [6.45, 7) is 1.60. The molecule has 0 saturated carbocycles. The summed E-state index contributed by atoms with van der Waals surface area (Å²) in [6, 6.07) is -2.68. The van der Waals surface area contributed by atoms with Gasteiger partial charge >= 0.3 is 17.9 Å². The molecule has 130 valence electrons. The van der Waals surface area contributed by atoms with Crippen LogP contribution < -0.4 is 22.9 Å². The fraction of sp³-hybridized carbons (Fsp3) is 0.750. The average Bonchev–Trinajstić information content (AvgIpc) is 2.44. The summed E-state index contributed by atoms with van der Waals surface area (Å²) in [4.78, 5) is 31.1. The summed E-state index contributed by atoms with van der Waals surface area (Å²) in [7, 11) is 0. The number of ether oxygens (including phenoxy) is 1. The Bertz CT molecular complexity index is 351. The first kappa shape index (κ1) is 22.5. The molecule has 0 aromatic carbocycles. The predicted octanol–water partition coefficient (Wildman–Crippen LogP) is -2.18. The number of hydrogen-bond acceptors (Lipinski definition) is 8. The molecule has 0 bridgehead atoms. The van der Waals surface area contributed by atoms with Gasteiger partial charge < -0.3 is 37.9 Å². The number of aliphatic carboxylic acids is 2. The summed E-state index contributed by atoms with van der Waals surface area (Å²) in [5, 5.41) is 16.3. The zero-order valence-corrected chi connectivity index (χ0v) is 12.6. The van der Waals surface area contributed by atoms with Crippen LogP contribution in [-0.2, 0) is 19.1 Å². The van der Waals surface area contributed by atoms with Crippen molar-refractivity contribution in [2.75, 3.05) is 13.2 Å². The molecule has 10 heteroatoms. The molecule has 0 unspecified atom stereocenters. The second-order valence-corrected chi connectivity index (χ2v) is 4.59. The molecule has 0 aliphatic rings. The van der Waals surface area contributed by atoms with Crippen molar-refractivity contribution in [1.82, 2.24) is 0 Å². The van der Waals surface area contributed by atoms with Crippen molar-refractivity contribution in [3.8, 4) is 0 Å². The molecular weight excluding hydrogens is 296 g/mol. The van der Waals surface area contributed by atoms with Crippen LogP contribution in [0.2, 0.25) is 0 Å². The van der Waals surface area contributed by atoms with Crippen LogP contribution in [0.1, 0.15) is 26.2 Å². The lowest BCUT2D eigenvalue weighted by atomic mass is 10.1. The van der Waals surface area contributed by atoms with Crippen LogP contribution in [-0.4, -0.2) is 59.4 Å². The first-order valence-corrected chi connectivity index (χ1v) is 6.72. The Kier molecular flexibility index (Phi) is 13.3. The van der Waals surface area contributed by atoms with Gasteiger partial charge in [-0.15, -0.1) is 0 Å². The van der Waals surface area contributed by atoms with Gasteiger partial charge in [-0.2, -0.15) is 0 Å². The number of unbranched alkanes of at least 4 members (excludes halogenated alkanes) is 1. The first-order valence-electron chi connectivity index (χ1n) is 6.72. The molecular formula is C12H26N4O6. The topological polar surface area (TPSA) is 205 Å². The Morgan fingerprint density at radius 2 is 1.50 bits per heavy atom. The number of nitrogens with two attached hydrogens (primary N) is 4. The molecule has 0 amide bonds. The van der Waals surface area contributed by atoms with E-state index >= 15 is 0 Å². The molecule has 22 heavy (non-hydrogen) atoms. The molecule has 0 aliphatic heterocycles. The molecule has 0 aromatic heterocycles. The van der Waals surface area contributed by atoms with Crippen molar-refractivity contribution in [3.05, 3.63) is 0 Å². The minimum Gasteiger partial charge on any atom is -0.480 e. The maximum Gasteiger partial charge on any atom is 0.324 e. The lowest BCUT2D eigenvalue weighted by molar-refractivity contribution is -0.149. The van der Waals surface area contributed by atoms with Gasteiger partial charge in [-0.25, -0.2) is 0 Å². The predicted molar refractivity (Wildman–Crippen MR) is 78.7 cm³/mol. The van der Waals surface area contributed by atoms with E-state index in [0.717, 1.165) is 12.8 Å². The van der Waals surface area contributed by atoms with Crippen LogP contribution in [0.3, 0.4) is 0 Å². The van der Waals surface area contributed by atoms with E-state index in [1.54, 1.807) is 0 Å². The van der Waals surface area contributed by atoms with Crippen LogP contribution in [0.5, 0.6) is 0 Å². The number of rotatable bonds is 9. The second kappa shape index (κ2) is 13.0. The Hall–Kier alpha value is -1.75. The molecule has 0 saturated heterocycles. The van der Waals surface area contributed by atoms with Crippen molar-refractivity contribution in [2.24, 2.45) is 22.9 Å². The Labute approximate surface area is 128 Å². The van der Waals surface area contributed by atoms with Crippen LogP contribution in [0, 0.1) is 0 Å². The molecule has 10 nitrogen and oxygen atoms in total. The minimum absolute atomic E-state index is 0.362. The molecule has 3 atom stereocenters. The van der Waals surface area contributed by atoms with E-state index in [1.807, 2.05) is 0 Å². The first-order chi connectivity index (χ1) is 10.1.